The molecule has 8 nitrogen and oxygen atoms in total. The molecule has 3 heterocycles. The van der Waals surface area contributed by atoms with Crippen LogP contribution in [0.4, 0.5) is 0 Å². The summed E-state index contributed by atoms with van der Waals surface area (Å²) in [6, 6.07) is 7.75. The van der Waals surface area contributed by atoms with Gasteiger partial charge in [-0.2, -0.15) is 0 Å². The predicted octanol–water partition coefficient (Wildman–Crippen LogP) is 3.80. The van der Waals surface area contributed by atoms with Gasteiger partial charge in [0.25, 0.3) is 5.91 Å². The second-order valence-corrected chi connectivity index (χ2v) is 9.17. The van der Waals surface area contributed by atoms with Crippen molar-refractivity contribution in [3.8, 4) is 11.3 Å². The smallest absolute Gasteiger partial charge is 0.255 e. The molecule has 1 aromatic carbocycles. The van der Waals surface area contributed by atoms with Crippen molar-refractivity contribution >= 4 is 35.6 Å². The highest BCUT2D eigenvalue weighted by molar-refractivity contribution is 6.30. The largest absolute Gasteiger partial charge is 0.336 e. The van der Waals surface area contributed by atoms with E-state index in [4.69, 9.17) is 27.4 Å². The molecule has 0 bridgehead atoms. The minimum atomic E-state index is -0.199. The first-order valence-electron chi connectivity index (χ1n) is 11.4. The molecule has 174 valence electrons. The van der Waals surface area contributed by atoms with Crippen LogP contribution < -0.4 is 0 Å². The van der Waals surface area contributed by atoms with Crippen LogP contribution in [0.5, 0.6) is 0 Å². The van der Waals surface area contributed by atoms with E-state index in [1.54, 1.807) is 4.90 Å². The highest BCUT2D eigenvalue weighted by Crippen LogP contribution is 2.39. The van der Waals surface area contributed by atoms with Crippen molar-refractivity contribution < 1.29 is 4.79 Å². The molecule has 0 spiro atoms. The lowest BCUT2D eigenvalue weighted by molar-refractivity contribution is -0.128. The highest BCUT2D eigenvalue weighted by Gasteiger charge is 2.28. The number of hydrogen-bond acceptors (Lipinski definition) is 6. The number of imidazole rings is 1. The van der Waals surface area contributed by atoms with Crippen LogP contribution in [0.3, 0.4) is 0 Å². The maximum Gasteiger partial charge on any atom is 0.255 e. The van der Waals surface area contributed by atoms with Gasteiger partial charge in [0.05, 0.1) is 28.9 Å². The van der Waals surface area contributed by atoms with Gasteiger partial charge < -0.3 is 15.7 Å². The molecule has 2 N–H and O–H groups in total. The first-order chi connectivity index (χ1) is 16.6. The summed E-state index contributed by atoms with van der Waals surface area (Å²) in [5, 5.41) is 15.3. The number of rotatable bonds is 7. The Morgan fingerprint density at radius 2 is 1.85 bits per heavy atom. The van der Waals surface area contributed by atoms with Gasteiger partial charge in [-0.15, -0.1) is 0 Å². The molecule has 5 rings (SSSR count). The molecule has 1 aliphatic carbocycles. The molecule has 2 aromatic heterocycles. The van der Waals surface area contributed by atoms with E-state index in [0.717, 1.165) is 53.8 Å². The molecule has 9 heteroatoms. The Morgan fingerprint density at radius 1 is 1.12 bits per heavy atom. The molecule has 0 atom stereocenters. The zero-order valence-corrected chi connectivity index (χ0v) is 19.5. The summed E-state index contributed by atoms with van der Waals surface area (Å²) in [5.74, 6) is 0.347. The summed E-state index contributed by atoms with van der Waals surface area (Å²) >= 11 is 6.12. The van der Waals surface area contributed by atoms with E-state index in [2.05, 4.69) is 20.5 Å². The van der Waals surface area contributed by atoms with Gasteiger partial charge in [0.1, 0.15) is 0 Å². The van der Waals surface area contributed by atoms with Crippen LogP contribution in [0.15, 0.2) is 48.3 Å². The van der Waals surface area contributed by atoms with E-state index in [0.29, 0.717) is 30.6 Å². The third-order valence-corrected chi connectivity index (χ3v) is 6.69. The number of carbonyl (C=O) groups excluding carboxylic acids is 1. The number of amides is 1. The van der Waals surface area contributed by atoms with Crippen molar-refractivity contribution in [3.63, 3.8) is 0 Å². The fourth-order valence-corrected chi connectivity index (χ4v) is 4.50. The number of piperazine rings is 1. The SMILES string of the molecule is N=C/C=C(\C=N)C(=O)N1CCN(Cc2c(-c3ccc(Cl)cc3)nc3cnc(C4CC4)cn23)CC1. The van der Waals surface area contributed by atoms with Gasteiger partial charge in [0.15, 0.2) is 5.65 Å². The van der Waals surface area contributed by atoms with Crippen molar-refractivity contribution in [2.24, 2.45) is 0 Å². The number of nitrogens with zero attached hydrogens (tertiary/aromatic N) is 5. The third kappa shape index (κ3) is 4.51. The van der Waals surface area contributed by atoms with Gasteiger partial charge in [-0.25, -0.2) is 4.98 Å². The number of hydrogen-bond donors (Lipinski definition) is 2. The van der Waals surface area contributed by atoms with Gasteiger partial charge in [0, 0.05) is 67.9 Å². The molecule has 0 unspecified atom stereocenters. The normalized spacial score (nSPS) is 17.2. The highest BCUT2D eigenvalue weighted by atomic mass is 35.5. The van der Waals surface area contributed by atoms with Crippen LogP contribution in [0, 0.1) is 10.8 Å². The first kappa shape index (κ1) is 22.4. The Morgan fingerprint density at radius 3 is 2.50 bits per heavy atom. The summed E-state index contributed by atoms with van der Waals surface area (Å²) in [6.45, 7) is 3.28. The van der Waals surface area contributed by atoms with Crippen molar-refractivity contribution in [3.05, 3.63) is 64.7 Å². The number of nitrogens with one attached hydrogen (secondary N) is 2. The lowest BCUT2D eigenvalue weighted by atomic mass is 10.1. The molecular formula is C25H26ClN7O. The molecule has 1 amide bonds. The molecule has 1 saturated carbocycles. The van der Waals surface area contributed by atoms with Gasteiger partial charge in [-0.1, -0.05) is 23.7 Å². The van der Waals surface area contributed by atoms with Gasteiger partial charge in [0.2, 0.25) is 0 Å². The standard InChI is InChI=1S/C25H26ClN7O/c26-20-5-3-18(4-6-20)24-22(33-15-21(17-1-2-17)29-14-23(33)30-24)16-31-9-11-32(12-10-31)25(34)19(13-28)7-8-27/h3-8,13-15,17,27-28H,1-2,9-12,16H2/b19-7+,27-8?,28-13?. The Labute approximate surface area is 202 Å². The topological polar surface area (TPSA) is 101 Å². The van der Waals surface area contributed by atoms with E-state index < -0.39 is 0 Å². The van der Waals surface area contributed by atoms with Gasteiger partial charge in [-0.3, -0.25) is 19.1 Å². The number of fused-ring (bicyclic) bond motifs is 1. The molecule has 2 aliphatic rings. The van der Waals surface area contributed by atoms with Crippen LogP contribution >= 0.6 is 11.6 Å². The maximum atomic E-state index is 12.6. The number of benzene rings is 1. The number of aromatic nitrogens is 3. The van der Waals surface area contributed by atoms with Crippen LogP contribution in [-0.4, -0.2) is 68.7 Å². The van der Waals surface area contributed by atoms with E-state index in [-0.39, 0.29) is 11.5 Å². The Balaban J connectivity index is 1.41. The summed E-state index contributed by atoms with van der Waals surface area (Å²) in [4.78, 5) is 26.3. The monoisotopic (exact) mass is 475 g/mol. The Hall–Kier alpha value is -3.36. The van der Waals surface area contributed by atoms with E-state index in [1.807, 2.05) is 30.5 Å². The van der Waals surface area contributed by atoms with Gasteiger partial charge >= 0.3 is 0 Å². The van der Waals surface area contributed by atoms with Crippen molar-refractivity contribution in [1.29, 1.82) is 10.8 Å². The third-order valence-electron chi connectivity index (χ3n) is 6.44. The zero-order chi connectivity index (χ0) is 23.7. The van der Waals surface area contributed by atoms with Crippen molar-refractivity contribution in [1.82, 2.24) is 24.2 Å². The van der Waals surface area contributed by atoms with Crippen LogP contribution in [0.1, 0.15) is 30.1 Å². The molecule has 1 aliphatic heterocycles. The molecule has 3 aromatic rings. The number of allylic oxidation sites excluding steroid dienone is 1. The molecule has 1 saturated heterocycles. The van der Waals surface area contributed by atoms with Crippen LogP contribution in [-0.2, 0) is 11.3 Å². The number of halogens is 1. The van der Waals surface area contributed by atoms with Crippen LogP contribution in [0.2, 0.25) is 5.02 Å². The van der Waals surface area contributed by atoms with E-state index in [1.165, 1.54) is 18.9 Å². The predicted molar refractivity (Wildman–Crippen MR) is 133 cm³/mol. The summed E-state index contributed by atoms with van der Waals surface area (Å²) in [5.41, 5.74) is 5.20. The lowest BCUT2D eigenvalue weighted by Crippen LogP contribution is -2.48. The van der Waals surface area contributed by atoms with E-state index >= 15 is 0 Å². The van der Waals surface area contributed by atoms with Crippen LogP contribution in [0.25, 0.3) is 16.9 Å². The summed E-state index contributed by atoms with van der Waals surface area (Å²) in [6.07, 6.45) is 9.79. The average molecular weight is 476 g/mol. The minimum Gasteiger partial charge on any atom is -0.336 e. The maximum absolute atomic E-state index is 12.6. The quantitative estimate of drug-likeness (QED) is 0.401. The Bertz CT molecular complexity index is 1270. The minimum absolute atomic E-state index is 0.199. The van der Waals surface area contributed by atoms with Crippen molar-refractivity contribution in [2.45, 2.75) is 25.3 Å². The Kier molecular flexibility index (Phi) is 6.26. The lowest BCUT2D eigenvalue weighted by Gasteiger charge is -2.34. The molecule has 2 fully saturated rings. The van der Waals surface area contributed by atoms with E-state index in [9.17, 15) is 4.79 Å². The molecule has 34 heavy (non-hydrogen) atoms. The molecular weight excluding hydrogens is 450 g/mol. The number of carbonyl (C=O) groups is 1. The fraction of sp³-hybridized carbons (Fsp3) is 0.320. The second kappa shape index (κ2) is 9.48. The van der Waals surface area contributed by atoms with Crippen molar-refractivity contribution in [2.75, 3.05) is 26.2 Å². The summed E-state index contributed by atoms with van der Waals surface area (Å²) in [7, 11) is 0. The average Bonchev–Trinajstić information content (AvgIpc) is 3.66. The molecule has 0 radical (unpaired) electrons. The van der Waals surface area contributed by atoms with Gasteiger partial charge in [-0.05, 0) is 31.1 Å². The zero-order valence-electron chi connectivity index (χ0n) is 18.7. The second-order valence-electron chi connectivity index (χ2n) is 8.73. The summed E-state index contributed by atoms with van der Waals surface area (Å²) < 4.78 is 2.17. The first-order valence-corrected chi connectivity index (χ1v) is 11.8. The fourth-order valence-electron chi connectivity index (χ4n) is 4.37.